The molecule has 0 atom stereocenters. The van der Waals surface area contributed by atoms with Crippen LogP contribution in [0.1, 0.15) is 25.1 Å². The van der Waals surface area contributed by atoms with E-state index in [4.69, 9.17) is 16.6 Å². The highest BCUT2D eigenvalue weighted by Crippen LogP contribution is 2.03. The Morgan fingerprint density at radius 2 is 1.71 bits per heavy atom. The second-order valence-corrected chi connectivity index (χ2v) is 3.99. The molecule has 0 radical (unpaired) electrons. The lowest BCUT2D eigenvalue weighted by Crippen LogP contribution is -2.21. The number of nitrogens with two attached hydrogens (primary N) is 2. The fourth-order valence-corrected chi connectivity index (χ4v) is 1.52. The number of aliphatic hydroxyl groups excluding tert-OH is 1. The van der Waals surface area contributed by atoms with E-state index in [-0.39, 0.29) is 18.5 Å². The Bertz CT molecular complexity index is 325. The molecule has 5 N–H and O–H groups in total. The van der Waals surface area contributed by atoms with Crippen LogP contribution in [0.15, 0.2) is 0 Å². The molecule has 0 saturated carbocycles. The summed E-state index contributed by atoms with van der Waals surface area (Å²) >= 11 is 0. The number of anilines is 2. The molecule has 0 aliphatic carbocycles. The first-order valence-electron chi connectivity index (χ1n) is 5.67. The molecule has 0 unspecified atom stereocenters. The van der Waals surface area contributed by atoms with Crippen LogP contribution in [0.4, 0.5) is 11.9 Å². The summed E-state index contributed by atoms with van der Waals surface area (Å²) in [4.78, 5) is 13.8. The molecule has 7 heteroatoms. The zero-order valence-electron chi connectivity index (χ0n) is 10.1. The van der Waals surface area contributed by atoms with E-state index < -0.39 is 0 Å². The molecule has 1 heterocycles. The van der Waals surface area contributed by atoms with E-state index in [1.165, 1.54) is 0 Å². The zero-order valence-corrected chi connectivity index (χ0v) is 10.1. The van der Waals surface area contributed by atoms with Crippen molar-refractivity contribution < 1.29 is 5.11 Å². The van der Waals surface area contributed by atoms with Gasteiger partial charge in [0.2, 0.25) is 11.9 Å². The molecule has 1 aromatic rings. The zero-order chi connectivity index (χ0) is 12.7. The van der Waals surface area contributed by atoms with Crippen molar-refractivity contribution in [1.82, 2.24) is 19.9 Å². The van der Waals surface area contributed by atoms with E-state index in [1.54, 1.807) is 0 Å². The molecule has 0 bridgehead atoms. The number of unbranched alkanes of at least 4 members (excludes halogenated alkanes) is 2. The van der Waals surface area contributed by atoms with Crippen molar-refractivity contribution in [3.63, 3.8) is 0 Å². The van der Waals surface area contributed by atoms with Gasteiger partial charge in [0.05, 0.1) is 6.54 Å². The topological polar surface area (TPSA) is 114 Å². The minimum absolute atomic E-state index is 0.154. The third-order valence-electron chi connectivity index (χ3n) is 2.33. The lowest BCUT2D eigenvalue weighted by Gasteiger charge is -2.15. The van der Waals surface area contributed by atoms with Crippen LogP contribution in [0.3, 0.4) is 0 Å². The molecule has 96 valence electrons. The Morgan fingerprint density at radius 1 is 1.06 bits per heavy atom. The first-order valence-corrected chi connectivity index (χ1v) is 5.67. The summed E-state index contributed by atoms with van der Waals surface area (Å²) in [6, 6.07) is 0. The Kier molecular flexibility index (Phi) is 5.58. The van der Waals surface area contributed by atoms with Crippen LogP contribution in [-0.2, 0) is 6.54 Å². The van der Waals surface area contributed by atoms with Gasteiger partial charge in [-0.1, -0.05) is 0 Å². The monoisotopic (exact) mass is 240 g/mol. The van der Waals surface area contributed by atoms with E-state index in [2.05, 4.69) is 19.9 Å². The highest BCUT2D eigenvalue weighted by atomic mass is 16.2. The van der Waals surface area contributed by atoms with Gasteiger partial charge in [0.15, 0.2) is 0 Å². The standard InChI is InChI=1S/C10H20N6O/c1-16(5-3-2-4-6-17)7-8-13-9(11)15-10(12)14-8/h17H,2-7H2,1H3,(H4,11,12,13,14,15). The van der Waals surface area contributed by atoms with Crippen LogP contribution in [0.25, 0.3) is 0 Å². The van der Waals surface area contributed by atoms with Gasteiger partial charge in [-0.2, -0.15) is 15.0 Å². The Hall–Kier alpha value is -1.47. The largest absolute Gasteiger partial charge is 0.396 e. The van der Waals surface area contributed by atoms with Crippen LogP contribution in [0.2, 0.25) is 0 Å². The SMILES string of the molecule is CN(CCCCCO)Cc1nc(N)nc(N)n1. The third kappa shape index (κ3) is 5.41. The fraction of sp³-hybridized carbons (Fsp3) is 0.700. The number of aromatic nitrogens is 3. The summed E-state index contributed by atoms with van der Waals surface area (Å²) in [7, 11) is 1.98. The average molecular weight is 240 g/mol. The molecule has 1 aromatic heterocycles. The first kappa shape index (κ1) is 13.6. The molecule has 0 aliphatic heterocycles. The van der Waals surface area contributed by atoms with Gasteiger partial charge in [-0.25, -0.2) is 0 Å². The summed E-state index contributed by atoms with van der Waals surface area (Å²) in [5.74, 6) is 0.891. The fourth-order valence-electron chi connectivity index (χ4n) is 1.52. The summed E-state index contributed by atoms with van der Waals surface area (Å²) in [5.41, 5.74) is 11.0. The third-order valence-corrected chi connectivity index (χ3v) is 2.33. The lowest BCUT2D eigenvalue weighted by atomic mass is 10.2. The van der Waals surface area contributed by atoms with Gasteiger partial charge in [-0.15, -0.1) is 0 Å². The summed E-state index contributed by atoms with van der Waals surface area (Å²) in [5, 5.41) is 8.66. The van der Waals surface area contributed by atoms with Crippen LogP contribution < -0.4 is 11.5 Å². The Labute approximate surface area is 101 Å². The highest BCUT2D eigenvalue weighted by molar-refractivity contribution is 5.25. The summed E-state index contributed by atoms with van der Waals surface area (Å²) < 4.78 is 0. The second kappa shape index (κ2) is 6.97. The molecular formula is C10H20N6O. The maximum absolute atomic E-state index is 8.66. The Morgan fingerprint density at radius 3 is 2.29 bits per heavy atom. The molecule has 0 fully saturated rings. The van der Waals surface area contributed by atoms with Gasteiger partial charge in [0, 0.05) is 6.61 Å². The molecule has 0 saturated heterocycles. The quantitative estimate of drug-likeness (QED) is 0.557. The number of nitrogens with zero attached hydrogens (tertiary/aromatic N) is 4. The van der Waals surface area contributed by atoms with Crippen molar-refractivity contribution in [3.8, 4) is 0 Å². The van der Waals surface area contributed by atoms with Crippen LogP contribution in [-0.4, -0.2) is 45.2 Å². The van der Waals surface area contributed by atoms with Gasteiger partial charge in [0.25, 0.3) is 0 Å². The predicted molar refractivity (Wildman–Crippen MR) is 65.9 cm³/mol. The highest BCUT2D eigenvalue weighted by Gasteiger charge is 2.05. The minimum Gasteiger partial charge on any atom is -0.396 e. The van der Waals surface area contributed by atoms with E-state index in [9.17, 15) is 0 Å². The lowest BCUT2D eigenvalue weighted by molar-refractivity contribution is 0.269. The first-order chi connectivity index (χ1) is 8.11. The molecule has 7 nitrogen and oxygen atoms in total. The van der Waals surface area contributed by atoms with Gasteiger partial charge in [-0.05, 0) is 32.9 Å². The normalized spacial score (nSPS) is 11.0. The summed E-state index contributed by atoms with van der Waals surface area (Å²) in [6.07, 6.45) is 2.90. The predicted octanol–water partition coefficient (Wildman–Crippen LogP) is -0.370. The molecule has 0 spiro atoms. The van der Waals surface area contributed by atoms with Crippen molar-refractivity contribution >= 4 is 11.9 Å². The number of nitrogen functional groups attached to an aromatic ring is 2. The summed E-state index contributed by atoms with van der Waals surface area (Å²) in [6.45, 7) is 1.77. The van der Waals surface area contributed by atoms with Crippen LogP contribution in [0, 0.1) is 0 Å². The van der Waals surface area contributed by atoms with E-state index >= 15 is 0 Å². The van der Waals surface area contributed by atoms with Crippen molar-refractivity contribution in [2.24, 2.45) is 0 Å². The number of hydrogen-bond donors (Lipinski definition) is 3. The maximum atomic E-state index is 8.66. The average Bonchev–Trinajstić information content (AvgIpc) is 2.23. The number of rotatable bonds is 7. The molecule has 1 rings (SSSR count). The van der Waals surface area contributed by atoms with Crippen molar-refractivity contribution in [2.75, 3.05) is 31.7 Å². The second-order valence-electron chi connectivity index (χ2n) is 3.99. The molecular weight excluding hydrogens is 220 g/mol. The number of aliphatic hydroxyl groups is 1. The van der Waals surface area contributed by atoms with E-state index in [0.717, 1.165) is 25.8 Å². The smallest absolute Gasteiger partial charge is 0.225 e. The van der Waals surface area contributed by atoms with Gasteiger partial charge >= 0.3 is 0 Å². The Balaban J connectivity index is 2.36. The maximum Gasteiger partial charge on any atom is 0.225 e. The van der Waals surface area contributed by atoms with E-state index in [1.807, 2.05) is 7.05 Å². The van der Waals surface area contributed by atoms with Crippen molar-refractivity contribution in [1.29, 1.82) is 0 Å². The van der Waals surface area contributed by atoms with Gasteiger partial charge in [-0.3, -0.25) is 4.90 Å². The van der Waals surface area contributed by atoms with Crippen molar-refractivity contribution in [2.45, 2.75) is 25.8 Å². The molecule has 0 aromatic carbocycles. The molecule has 0 amide bonds. The molecule has 0 aliphatic rings. The number of hydrogen-bond acceptors (Lipinski definition) is 7. The van der Waals surface area contributed by atoms with Gasteiger partial charge in [0.1, 0.15) is 5.82 Å². The van der Waals surface area contributed by atoms with Crippen LogP contribution >= 0.6 is 0 Å². The molecule has 17 heavy (non-hydrogen) atoms. The minimum atomic E-state index is 0.154. The van der Waals surface area contributed by atoms with E-state index in [0.29, 0.717) is 12.4 Å². The van der Waals surface area contributed by atoms with Crippen molar-refractivity contribution in [3.05, 3.63) is 5.82 Å². The van der Waals surface area contributed by atoms with Gasteiger partial charge < -0.3 is 16.6 Å². The van der Waals surface area contributed by atoms with Crippen LogP contribution in [0.5, 0.6) is 0 Å².